The van der Waals surface area contributed by atoms with Crippen LogP contribution in [0, 0.1) is 5.82 Å². The zero-order valence-electron chi connectivity index (χ0n) is 9.29. The molecule has 0 saturated heterocycles. The number of hydrogen-bond acceptors (Lipinski definition) is 2. The van der Waals surface area contributed by atoms with Crippen LogP contribution in [0.5, 0.6) is 0 Å². The van der Waals surface area contributed by atoms with Gasteiger partial charge in [-0.05, 0) is 26.0 Å². The molecule has 1 unspecified atom stereocenters. The van der Waals surface area contributed by atoms with Crippen LogP contribution in [-0.2, 0) is 4.74 Å². The second kappa shape index (κ2) is 6.53. The summed E-state index contributed by atoms with van der Waals surface area (Å²) in [7, 11) is 1.68. The zero-order chi connectivity index (χ0) is 11.1. The molecule has 1 aromatic rings. The van der Waals surface area contributed by atoms with Gasteiger partial charge >= 0.3 is 0 Å². The molecular formula is C12H18FNO. The molecule has 0 bridgehead atoms. The van der Waals surface area contributed by atoms with Crippen molar-refractivity contribution in [3.05, 3.63) is 35.6 Å². The third-order valence-electron chi connectivity index (χ3n) is 2.35. The van der Waals surface area contributed by atoms with Crippen LogP contribution in [0.3, 0.4) is 0 Å². The molecule has 0 aliphatic rings. The van der Waals surface area contributed by atoms with E-state index in [9.17, 15) is 4.39 Å². The van der Waals surface area contributed by atoms with Crippen molar-refractivity contribution in [1.29, 1.82) is 0 Å². The van der Waals surface area contributed by atoms with Gasteiger partial charge in [-0.15, -0.1) is 0 Å². The second-order valence-corrected chi connectivity index (χ2v) is 3.54. The Morgan fingerprint density at radius 3 is 2.80 bits per heavy atom. The predicted molar refractivity (Wildman–Crippen MR) is 59.3 cm³/mol. The van der Waals surface area contributed by atoms with E-state index in [2.05, 4.69) is 5.32 Å². The van der Waals surface area contributed by atoms with Gasteiger partial charge < -0.3 is 10.1 Å². The van der Waals surface area contributed by atoms with Crippen LogP contribution in [0.15, 0.2) is 24.3 Å². The van der Waals surface area contributed by atoms with Crippen LogP contribution >= 0.6 is 0 Å². The Labute approximate surface area is 90.4 Å². The smallest absolute Gasteiger partial charge is 0.127 e. The van der Waals surface area contributed by atoms with E-state index in [4.69, 9.17) is 4.74 Å². The fourth-order valence-corrected chi connectivity index (χ4v) is 1.47. The maximum Gasteiger partial charge on any atom is 0.127 e. The quantitative estimate of drug-likeness (QED) is 0.730. The van der Waals surface area contributed by atoms with E-state index < -0.39 is 0 Å². The highest BCUT2D eigenvalue weighted by Gasteiger charge is 2.08. The molecule has 1 rings (SSSR count). The van der Waals surface area contributed by atoms with E-state index in [1.807, 2.05) is 19.1 Å². The fraction of sp³-hybridized carbons (Fsp3) is 0.500. The van der Waals surface area contributed by atoms with E-state index in [0.717, 1.165) is 25.1 Å². The van der Waals surface area contributed by atoms with E-state index in [1.54, 1.807) is 13.2 Å². The number of ether oxygens (including phenoxy) is 1. The second-order valence-electron chi connectivity index (χ2n) is 3.54. The summed E-state index contributed by atoms with van der Waals surface area (Å²) < 4.78 is 18.3. The van der Waals surface area contributed by atoms with E-state index in [1.165, 1.54) is 6.07 Å². The molecule has 1 N–H and O–H groups in total. The Bertz CT molecular complexity index is 291. The highest BCUT2D eigenvalue weighted by molar-refractivity contribution is 5.20. The summed E-state index contributed by atoms with van der Waals surface area (Å²) in [4.78, 5) is 0. The number of halogens is 1. The van der Waals surface area contributed by atoms with Crippen molar-refractivity contribution >= 4 is 0 Å². The Hall–Kier alpha value is -0.930. The molecule has 2 nitrogen and oxygen atoms in total. The van der Waals surface area contributed by atoms with Gasteiger partial charge in [-0.25, -0.2) is 4.39 Å². The minimum atomic E-state index is -0.149. The molecule has 3 heteroatoms. The molecule has 0 saturated carbocycles. The van der Waals surface area contributed by atoms with Crippen LogP contribution in [0.4, 0.5) is 4.39 Å². The van der Waals surface area contributed by atoms with Gasteiger partial charge in [-0.2, -0.15) is 0 Å². The maximum atomic E-state index is 13.4. The average Bonchev–Trinajstić information content (AvgIpc) is 2.25. The van der Waals surface area contributed by atoms with Crippen molar-refractivity contribution in [3.8, 4) is 0 Å². The van der Waals surface area contributed by atoms with Gasteiger partial charge in [0.15, 0.2) is 0 Å². The standard InChI is InChI=1S/C12H18FNO/c1-10(14-8-5-9-15-2)11-6-3-4-7-12(11)13/h3-4,6-7,10,14H,5,8-9H2,1-2H3. The molecule has 0 radical (unpaired) electrons. The largest absolute Gasteiger partial charge is 0.385 e. The van der Waals surface area contributed by atoms with E-state index in [0.29, 0.717) is 0 Å². The van der Waals surface area contributed by atoms with Crippen molar-refractivity contribution in [2.24, 2.45) is 0 Å². The molecule has 84 valence electrons. The third-order valence-corrected chi connectivity index (χ3v) is 2.35. The molecule has 0 aromatic heterocycles. The SMILES string of the molecule is COCCCNC(C)c1ccccc1F. The van der Waals surface area contributed by atoms with Crippen molar-refractivity contribution in [1.82, 2.24) is 5.32 Å². The Morgan fingerprint density at radius 2 is 2.13 bits per heavy atom. The van der Waals surface area contributed by atoms with Gasteiger partial charge in [0, 0.05) is 25.3 Å². The number of benzene rings is 1. The summed E-state index contributed by atoms with van der Waals surface area (Å²) in [6.07, 6.45) is 0.940. The summed E-state index contributed by atoms with van der Waals surface area (Å²) >= 11 is 0. The first-order valence-electron chi connectivity index (χ1n) is 5.22. The average molecular weight is 211 g/mol. The Kier molecular flexibility index (Phi) is 5.29. The zero-order valence-corrected chi connectivity index (χ0v) is 9.29. The van der Waals surface area contributed by atoms with Crippen molar-refractivity contribution in [2.45, 2.75) is 19.4 Å². The molecule has 0 aliphatic carbocycles. The summed E-state index contributed by atoms with van der Waals surface area (Å²) in [6.45, 7) is 3.53. The molecule has 0 heterocycles. The van der Waals surface area contributed by atoms with Gasteiger partial charge in [-0.3, -0.25) is 0 Å². The predicted octanol–water partition coefficient (Wildman–Crippen LogP) is 2.51. The minimum Gasteiger partial charge on any atom is -0.385 e. The van der Waals surface area contributed by atoms with E-state index in [-0.39, 0.29) is 11.9 Å². The number of nitrogens with one attached hydrogen (secondary N) is 1. The molecule has 1 atom stereocenters. The molecule has 1 aromatic carbocycles. The summed E-state index contributed by atoms with van der Waals surface area (Å²) in [5.74, 6) is -0.149. The normalized spacial score (nSPS) is 12.7. The van der Waals surface area contributed by atoms with Crippen molar-refractivity contribution < 1.29 is 9.13 Å². The van der Waals surface area contributed by atoms with Gasteiger partial charge in [0.05, 0.1) is 0 Å². The number of rotatable bonds is 6. The lowest BCUT2D eigenvalue weighted by Crippen LogP contribution is -2.21. The van der Waals surface area contributed by atoms with Crippen LogP contribution in [0.1, 0.15) is 24.9 Å². The highest BCUT2D eigenvalue weighted by Crippen LogP contribution is 2.15. The van der Waals surface area contributed by atoms with Crippen LogP contribution in [0.2, 0.25) is 0 Å². The van der Waals surface area contributed by atoms with Crippen LogP contribution < -0.4 is 5.32 Å². The molecule has 0 aliphatic heterocycles. The van der Waals surface area contributed by atoms with Gasteiger partial charge in [0.25, 0.3) is 0 Å². The van der Waals surface area contributed by atoms with Gasteiger partial charge in [0.1, 0.15) is 5.82 Å². The van der Waals surface area contributed by atoms with Gasteiger partial charge in [0.2, 0.25) is 0 Å². The summed E-state index contributed by atoms with van der Waals surface area (Å²) in [5.41, 5.74) is 0.718. The monoisotopic (exact) mass is 211 g/mol. The van der Waals surface area contributed by atoms with Crippen molar-refractivity contribution in [3.63, 3.8) is 0 Å². The molecule has 0 fully saturated rings. The molecule has 0 amide bonds. The fourth-order valence-electron chi connectivity index (χ4n) is 1.47. The third kappa shape index (κ3) is 3.98. The van der Waals surface area contributed by atoms with Crippen LogP contribution in [-0.4, -0.2) is 20.3 Å². The lowest BCUT2D eigenvalue weighted by molar-refractivity contribution is 0.193. The number of methoxy groups -OCH3 is 1. The minimum absolute atomic E-state index is 0.0445. The molecule has 15 heavy (non-hydrogen) atoms. The molecule has 0 spiro atoms. The first-order chi connectivity index (χ1) is 7.25. The lowest BCUT2D eigenvalue weighted by atomic mass is 10.1. The topological polar surface area (TPSA) is 21.3 Å². The van der Waals surface area contributed by atoms with E-state index >= 15 is 0 Å². The molecular weight excluding hydrogens is 193 g/mol. The lowest BCUT2D eigenvalue weighted by Gasteiger charge is -2.14. The Balaban J connectivity index is 2.40. The van der Waals surface area contributed by atoms with Crippen LogP contribution in [0.25, 0.3) is 0 Å². The summed E-state index contributed by atoms with van der Waals surface area (Å²) in [6, 6.07) is 6.90. The summed E-state index contributed by atoms with van der Waals surface area (Å²) in [5, 5.41) is 3.25. The first kappa shape index (κ1) is 12.1. The maximum absolute atomic E-state index is 13.4. The van der Waals surface area contributed by atoms with Gasteiger partial charge in [-0.1, -0.05) is 18.2 Å². The number of hydrogen-bond donors (Lipinski definition) is 1. The van der Waals surface area contributed by atoms with Crippen molar-refractivity contribution in [2.75, 3.05) is 20.3 Å². The first-order valence-corrected chi connectivity index (χ1v) is 5.22. The highest BCUT2D eigenvalue weighted by atomic mass is 19.1. The Morgan fingerprint density at radius 1 is 1.40 bits per heavy atom.